The molecular weight excluding hydrogens is 422 g/mol. The van der Waals surface area contributed by atoms with Crippen molar-refractivity contribution in [3.05, 3.63) is 60.3 Å². The molecule has 4 heteroatoms. The molecule has 0 radical (unpaired) electrons. The van der Waals surface area contributed by atoms with Crippen molar-refractivity contribution in [1.82, 2.24) is 4.98 Å². The molecule has 0 N–H and O–H groups in total. The maximum atomic E-state index is 12.1. The fourth-order valence-electron chi connectivity index (χ4n) is 3.70. The molecule has 0 amide bonds. The molecule has 1 aromatic heterocycles. The van der Waals surface area contributed by atoms with Crippen LogP contribution in [0.5, 0.6) is 5.75 Å². The van der Waals surface area contributed by atoms with Crippen LogP contribution in [0.4, 0.5) is 0 Å². The normalized spacial score (nSPS) is 11.2. The third-order valence-electron chi connectivity index (χ3n) is 5.71. The van der Waals surface area contributed by atoms with Gasteiger partial charge in [0, 0.05) is 25.2 Å². The second-order valence-corrected chi connectivity index (χ2v) is 8.83. The Labute approximate surface area is 206 Å². The molecule has 0 bridgehead atoms. The average Bonchev–Trinajstić information content (AvgIpc) is 2.86. The van der Waals surface area contributed by atoms with Gasteiger partial charge in [-0.2, -0.15) is 0 Å². The summed E-state index contributed by atoms with van der Waals surface area (Å²) in [6, 6.07) is 12.3. The van der Waals surface area contributed by atoms with E-state index >= 15 is 0 Å². The van der Waals surface area contributed by atoms with Gasteiger partial charge in [-0.15, -0.1) is 0 Å². The molecular formula is C30H43NO3. The van der Waals surface area contributed by atoms with Gasteiger partial charge >= 0.3 is 5.97 Å². The third kappa shape index (κ3) is 12.1. The van der Waals surface area contributed by atoms with Crippen molar-refractivity contribution in [1.29, 1.82) is 0 Å². The fraction of sp³-hybridized carbons (Fsp3) is 0.533. The first-order valence-electron chi connectivity index (χ1n) is 13.2. The Bertz CT molecular complexity index is 812. The molecule has 0 fully saturated rings. The summed E-state index contributed by atoms with van der Waals surface area (Å²) in [6.07, 6.45) is 18.8. The summed E-state index contributed by atoms with van der Waals surface area (Å²) in [7, 11) is 0. The standard InChI is InChI=1S/C30H43NO3/c1-3-5-6-7-8-9-10-13-16-30(32)34-28-21-22-29(31-25-28)27-19-17-26(18-20-27)15-12-11-14-24-33-23-4-2/h8-9,17-22,25H,3-7,10-16,23-24H2,1-2H3. The van der Waals surface area contributed by atoms with Crippen LogP contribution in [0.15, 0.2) is 54.7 Å². The maximum Gasteiger partial charge on any atom is 0.311 e. The molecule has 34 heavy (non-hydrogen) atoms. The van der Waals surface area contributed by atoms with Gasteiger partial charge in [-0.05, 0) is 69.1 Å². The van der Waals surface area contributed by atoms with E-state index in [1.165, 1.54) is 37.7 Å². The molecule has 0 atom stereocenters. The Morgan fingerprint density at radius 1 is 0.824 bits per heavy atom. The zero-order valence-corrected chi connectivity index (χ0v) is 21.3. The molecule has 186 valence electrons. The molecule has 0 unspecified atom stereocenters. The molecule has 0 aliphatic carbocycles. The Balaban J connectivity index is 1.67. The Morgan fingerprint density at radius 3 is 2.32 bits per heavy atom. The van der Waals surface area contributed by atoms with Gasteiger partial charge in [-0.25, -0.2) is 0 Å². The van der Waals surface area contributed by atoms with E-state index in [1.807, 2.05) is 12.1 Å². The van der Waals surface area contributed by atoms with Gasteiger partial charge in [0.05, 0.1) is 11.9 Å². The van der Waals surface area contributed by atoms with Crippen LogP contribution in [0, 0.1) is 0 Å². The van der Waals surface area contributed by atoms with Crippen molar-refractivity contribution in [2.45, 2.75) is 90.9 Å². The van der Waals surface area contributed by atoms with Crippen LogP contribution < -0.4 is 4.74 Å². The number of ether oxygens (including phenoxy) is 2. The molecule has 1 aromatic carbocycles. The summed E-state index contributed by atoms with van der Waals surface area (Å²) < 4.78 is 11.0. The van der Waals surface area contributed by atoms with E-state index in [9.17, 15) is 4.79 Å². The molecule has 0 spiro atoms. The van der Waals surface area contributed by atoms with Crippen LogP contribution in [0.2, 0.25) is 0 Å². The number of pyridine rings is 1. The number of aromatic nitrogens is 1. The lowest BCUT2D eigenvalue weighted by Crippen LogP contribution is -2.07. The third-order valence-corrected chi connectivity index (χ3v) is 5.71. The quantitative estimate of drug-likeness (QED) is 0.127. The number of unbranched alkanes of at least 4 members (excludes halogenated alkanes) is 6. The lowest BCUT2D eigenvalue weighted by Gasteiger charge is -2.07. The lowest BCUT2D eigenvalue weighted by atomic mass is 10.0. The number of rotatable bonds is 18. The summed E-state index contributed by atoms with van der Waals surface area (Å²) >= 11 is 0. The number of carbonyl (C=O) groups is 1. The van der Waals surface area contributed by atoms with E-state index in [1.54, 1.807) is 6.20 Å². The van der Waals surface area contributed by atoms with Crippen LogP contribution in [-0.2, 0) is 16.0 Å². The minimum atomic E-state index is -0.199. The van der Waals surface area contributed by atoms with Crippen molar-refractivity contribution in [3.63, 3.8) is 0 Å². The van der Waals surface area contributed by atoms with E-state index in [0.29, 0.717) is 12.2 Å². The van der Waals surface area contributed by atoms with Crippen molar-refractivity contribution < 1.29 is 14.3 Å². The predicted molar refractivity (Wildman–Crippen MR) is 141 cm³/mol. The smallest absolute Gasteiger partial charge is 0.311 e. The number of hydrogen-bond acceptors (Lipinski definition) is 4. The van der Waals surface area contributed by atoms with Gasteiger partial charge in [-0.1, -0.05) is 69.5 Å². The monoisotopic (exact) mass is 465 g/mol. The lowest BCUT2D eigenvalue weighted by molar-refractivity contribution is -0.134. The van der Waals surface area contributed by atoms with Crippen LogP contribution in [0.3, 0.4) is 0 Å². The fourth-order valence-corrected chi connectivity index (χ4v) is 3.70. The van der Waals surface area contributed by atoms with Crippen LogP contribution in [0.25, 0.3) is 11.3 Å². The first-order valence-corrected chi connectivity index (χ1v) is 13.2. The van der Waals surface area contributed by atoms with Crippen LogP contribution in [0.1, 0.15) is 90.0 Å². The SMILES string of the molecule is CCCCCC=CCCCC(=O)Oc1ccc(-c2ccc(CCCCCOCCC)cc2)nc1. The number of allylic oxidation sites excluding steroid dienone is 2. The Morgan fingerprint density at radius 2 is 1.62 bits per heavy atom. The Kier molecular flexibility index (Phi) is 14.7. The summed E-state index contributed by atoms with van der Waals surface area (Å²) in [5, 5.41) is 0. The first kappa shape index (κ1) is 27.8. The van der Waals surface area contributed by atoms with Crippen molar-refractivity contribution in [3.8, 4) is 17.0 Å². The molecule has 1 heterocycles. The van der Waals surface area contributed by atoms with Crippen LogP contribution >= 0.6 is 0 Å². The van der Waals surface area contributed by atoms with Gasteiger partial charge in [0.15, 0.2) is 0 Å². The highest BCUT2D eigenvalue weighted by molar-refractivity contribution is 5.72. The molecule has 0 saturated heterocycles. The maximum absolute atomic E-state index is 12.1. The largest absolute Gasteiger partial charge is 0.425 e. The summed E-state index contributed by atoms with van der Waals surface area (Å²) in [5.41, 5.74) is 3.30. The van der Waals surface area contributed by atoms with Crippen molar-refractivity contribution >= 4 is 5.97 Å². The molecule has 2 aromatic rings. The second-order valence-electron chi connectivity index (χ2n) is 8.83. The number of hydrogen-bond donors (Lipinski definition) is 0. The predicted octanol–water partition coefficient (Wildman–Crippen LogP) is 8.10. The van der Waals surface area contributed by atoms with Gasteiger partial charge in [-0.3, -0.25) is 9.78 Å². The number of esters is 1. The molecule has 4 nitrogen and oxygen atoms in total. The van der Waals surface area contributed by atoms with Gasteiger partial charge in [0.25, 0.3) is 0 Å². The van der Waals surface area contributed by atoms with Gasteiger partial charge in [0.1, 0.15) is 5.75 Å². The van der Waals surface area contributed by atoms with Crippen molar-refractivity contribution in [2.24, 2.45) is 0 Å². The van der Waals surface area contributed by atoms with Gasteiger partial charge < -0.3 is 9.47 Å². The minimum Gasteiger partial charge on any atom is -0.425 e. The zero-order valence-electron chi connectivity index (χ0n) is 21.3. The zero-order chi connectivity index (χ0) is 24.3. The molecule has 0 aliphatic rings. The molecule has 0 saturated carbocycles. The first-order chi connectivity index (χ1) is 16.7. The second kappa shape index (κ2) is 17.9. The summed E-state index contributed by atoms with van der Waals surface area (Å²) in [4.78, 5) is 16.6. The van der Waals surface area contributed by atoms with Crippen molar-refractivity contribution in [2.75, 3.05) is 13.2 Å². The van der Waals surface area contributed by atoms with E-state index in [-0.39, 0.29) is 5.97 Å². The Hall–Kier alpha value is -2.46. The van der Waals surface area contributed by atoms with E-state index in [0.717, 1.165) is 63.0 Å². The number of carbonyl (C=O) groups excluding carboxylic acids is 1. The highest BCUT2D eigenvalue weighted by Gasteiger charge is 2.06. The number of aryl methyl sites for hydroxylation is 1. The molecule has 0 aliphatic heterocycles. The van der Waals surface area contributed by atoms with E-state index < -0.39 is 0 Å². The summed E-state index contributed by atoms with van der Waals surface area (Å²) in [6.45, 7) is 6.10. The topological polar surface area (TPSA) is 48.4 Å². The van der Waals surface area contributed by atoms with Gasteiger partial charge in [0.2, 0.25) is 0 Å². The average molecular weight is 466 g/mol. The highest BCUT2D eigenvalue weighted by atomic mass is 16.5. The number of benzene rings is 1. The van der Waals surface area contributed by atoms with E-state index in [2.05, 4.69) is 55.2 Å². The number of nitrogens with zero attached hydrogens (tertiary/aromatic N) is 1. The summed E-state index contributed by atoms with van der Waals surface area (Å²) in [5.74, 6) is 0.304. The van der Waals surface area contributed by atoms with Crippen LogP contribution in [-0.4, -0.2) is 24.2 Å². The highest BCUT2D eigenvalue weighted by Crippen LogP contribution is 2.21. The van der Waals surface area contributed by atoms with E-state index in [4.69, 9.17) is 9.47 Å². The molecule has 2 rings (SSSR count). The minimum absolute atomic E-state index is 0.199.